The second kappa shape index (κ2) is 5.69. The van der Waals surface area contributed by atoms with Gasteiger partial charge in [-0.1, -0.05) is 0 Å². The molecule has 0 atom stereocenters. The normalized spacial score (nSPS) is 10.9. The van der Waals surface area contributed by atoms with E-state index in [1.54, 1.807) is 12.3 Å². The van der Waals surface area contributed by atoms with Crippen LogP contribution in [-0.2, 0) is 6.54 Å². The van der Waals surface area contributed by atoms with Gasteiger partial charge in [-0.05, 0) is 26.8 Å². The molecular weight excluding hydrogens is 242 g/mol. The van der Waals surface area contributed by atoms with Gasteiger partial charge in [-0.2, -0.15) is 10.2 Å². The van der Waals surface area contributed by atoms with Crippen molar-refractivity contribution in [2.75, 3.05) is 11.9 Å². The summed E-state index contributed by atoms with van der Waals surface area (Å²) in [6.45, 7) is 7.26. The first-order valence-corrected chi connectivity index (χ1v) is 6.45. The number of nitrogens with one attached hydrogen (secondary N) is 1. The Morgan fingerprint density at radius 2 is 2.21 bits per heavy atom. The zero-order chi connectivity index (χ0) is 13.8. The van der Waals surface area contributed by atoms with Crippen LogP contribution in [0.2, 0.25) is 0 Å². The van der Waals surface area contributed by atoms with Crippen LogP contribution in [0.3, 0.4) is 0 Å². The molecule has 0 bridgehead atoms. The number of nitrogens with zero attached hydrogens (tertiary/aromatic N) is 4. The molecule has 2 heterocycles. The van der Waals surface area contributed by atoms with Gasteiger partial charge in [0.05, 0.1) is 24.1 Å². The lowest BCUT2D eigenvalue weighted by atomic mass is 10.4. The van der Waals surface area contributed by atoms with Crippen molar-refractivity contribution >= 4 is 5.69 Å². The van der Waals surface area contributed by atoms with Crippen LogP contribution < -0.4 is 10.9 Å². The molecule has 0 unspecified atom stereocenters. The summed E-state index contributed by atoms with van der Waals surface area (Å²) < 4.78 is 3.28. The maximum absolute atomic E-state index is 11.9. The number of aromatic nitrogens is 4. The number of rotatable bonds is 5. The summed E-state index contributed by atoms with van der Waals surface area (Å²) in [7, 11) is 0. The third-order valence-electron chi connectivity index (χ3n) is 2.75. The average Bonchev–Trinajstić information content (AvgIpc) is 2.82. The Kier molecular flexibility index (Phi) is 3.99. The zero-order valence-corrected chi connectivity index (χ0v) is 11.5. The van der Waals surface area contributed by atoms with Gasteiger partial charge in [-0.15, -0.1) is 0 Å². The van der Waals surface area contributed by atoms with Gasteiger partial charge in [-0.3, -0.25) is 9.48 Å². The predicted octanol–water partition coefficient (Wildman–Crippen LogP) is 1.50. The Hall–Kier alpha value is -2.11. The molecule has 0 aliphatic carbocycles. The molecule has 0 fully saturated rings. The van der Waals surface area contributed by atoms with Gasteiger partial charge in [0, 0.05) is 24.8 Å². The van der Waals surface area contributed by atoms with Gasteiger partial charge in [0.25, 0.3) is 5.56 Å². The van der Waals surface area contributed by atoms with Crippen LogP contribution in [0.5, 0.6) is 0 Å². The number of anilines is 1. The third kappa shape index (κ3) is 3.21. The van der Waals surface area contributed by atoms with E-state index >= 15 is 0 Å². The van der Waals surface area contributed by atoms with Gasteiger partial charge in [0.2, 0.25) is 0 Å². The van der Waals surface area contributed by atoms with Crippen molar-refractivity contribution in [3.05, 3.63) is 40.6 Å². The highest BCUT2D eigenvalue weighted by atomic mass is 16.1. The largest absolute Gasteiger partial charge is 0.384 e. The van der Waals surface area contributed by atoms with E-state index in [1.165, 1.54) is 4.68 Å². The maximum Gasteiger partial charge on any atom is 0.269 e. The summed E-state index contributed by atoms with van der Waals surface area (Å²) in [5.74, 6) is 0. The molecule has 0 aromatic carbocycles. The topological polar surface area (TPSA) is 64.7 Å². The van der Waals surface area contributed by atoms with Crippen LogP contribution in [0.4, 0.5) is 5.69 Å². The first kappa shape index (κ1) is 13.3. The Morgan fingerprint density at radius 1 is 1.42 bits per heavy atom. The predicted molar refractivity (Wildman–Crippen MR) is 74.4 cm³/mol. The van der Waals surface area contributed by atoms with Gasteiger partial charge in [0.15, 0.2) is 0 Å². The molecule has 0 saturated heterocycles. The van der Waals surface area contributed by atoms with Crippen LogP contribution in [-0.4, -0.2) is 26.1 Å². The second-order valence-corrected chi connectivity index (χ2v) is 4.65. The highest BCUT2D eigenvalue weighted by molar-refractivity contribution is 5.38. The lowest BCUT2D eigenvalue weighted by Crippen LogP contribution is -2.23. The molecule has 6 heteroatoms. The molecule has 2 aromatic rings. The number of hydrogen-bond donors (Lipinski definition) is 1. The monoisotopic (exact) mass is 261 g/mol. The molecule has 1 N–H and O–H groups in total. The van der Waals surface area contributed by atoms with Crippen LogP contribution in [0, 0.1) is 0 Å². The lowest BCUT2D eigenvalue weighted by Gasteiger charge is -2.06. The van der Waals surface area contributed by atoms with Crippen molar-refractivity contribution in [1.29, 1.82) is 0 Å². The van der Waals surface area contributed by atoms with E-state index < -0.39 is 0 Å². The summed E-state index contributed by atoms with van der Waals surface area (Å²) in [5.41, 5.74) is 1.45. The smallest absolute Gasteiger partial charge is 0.269 e. The Morgan fingerprint density at radius 3 is 2.79 bits per heavy atom. The maximum atomic E-state index is 11.9. The van der Waals surface area contributed by atoms with E-state index in [0.29, 0.717) is 12.6 Å². The van der Waals surface area contributed by atoms with E-state index in [1.807, 2.05) is 23.9 Å². The van der Waals surface area contributed by atoms with Crippen molar-refractivity contribution in [2.45, 2.75) is 33.4 Å². The minimum absolute atomic E-state index is 0.127. The zero-order valence-electron chi connectivity index (χ0n) is 11.5. The van der Waals surface area contributed by atoms with Crippen molar-refractivity contribution in [3.8, 4) is 0 Å². The highest BCUT2D eigenvalue weighted by Crippen LogP contribution is 2.05. The van der Waals surface area contributed by atoms with Crippen molar-refractivity contribution in [2.24, 2.45) is 0 Å². The summed E-state index contributed by atoms with van der Waals surface area (Å²) in [6.07, 6.45) is 3.57. The highest BCUT2D eigenvalue weighted by Gasteiger charge is 2.05. The molecule has 0 aliphatic heterocycles. The quantitative estimate of drug-likeness (QED) is 0.886. The van der Waals surface area contributed by atoms with Gasteiger partial charge >= 0.3 is 0 Å². The van der Waals surface area contributed by atoms with E-state index in [-0.39, 0.29) is 5.56 Å². The Bertz CT molecular complexity index is 599. The minimum Gasteiger partial charge on any atom is -0.384 e. The molecule has 2 aromatic heterocycles. The van der Waals surface area contributed by atoms with Gasteiger partial charge < -0.3 is 5.32 Å². The summed E-state index contributed by atoms with van der Waals surface area (Å²) >= 11 is 0. The standard InChI is InChI=1S/C13H19N5O/c1-4-14-12-7-13(19)18(15-8-12)9-11-5-6-17(16-11)10(2)3/h5-8,10,14H,4,9H2,1-3H3. The minimum atomic E-state index is -0.127. The molecule has 6 nitrogen and oxygen atoms in total. The molecule has 2 rings (SSSR count). The van der Waals surface area contributed by atoms with E-state index in [2.05, 4.69) is 29.4 Å². The number of hydrogen-bond acceptors (Lipinski definition) is 4. The van der Waals surface area contributed by atoms with E-state index in [4.69, 9.17) is 0 Å². The van der Waals surface area contributed by atoms with Crippen LogP contribution in [0.1, 0.15) is 32.5 Å². The fourth-order valence-electron chi connectivity index (χ4n) is 1.76. The van der Waals surface area contributed by atoms with Crippen molar-refractivity contribution < 1.29 is 0 Å². The summed E-state index contributed by atoms with van der Waals surface area (Å²) in [5, 5.41) is 11.6. The SMILES string of the molecule is CCNc1cnn(Cc2ccn(C(C)C)n2)c(=O)c1. The molecular formula is C13H19N5O. The Balaban J connectivity index is 2.16. The third-order valence-corrected chi connectivity index (χ3v) is 2.75. The molecule has 0 radical (unpaired) electrons. The van der Waals surface area contributed by atoms with Crippen LogP contribution in [0.15, 0.2) is 29.3 Å². The molecule has 19 heavy (non-hydrogen) atoms. The summed E-state index contributed by atoms with van der Waals surface area (Å²) in [6, 6.07) is 3.77. The molecule has 102 valence electrons. The fraction of sp³-hybridized carbons (Fsp3) is 0.462. The van der Waals surface area contributed by atoms with Crippen LogP contribution >= 0.6 is 0 Å². The first-order valence-electron chi connectivity index (χ1n) is 6.45. The van der Waals surface area contributed by atoms with Crippen molar-refractivity contribution in [3.63, 3.8) is 0 Å². The first-order chi connectivity index (χ1) is 9.10. The lowest BCUT2D eigenvalue weighted by molar-refractivity contribution is 0.518. The van der Waals surface area contributed by atoms with E-state index in [9.17, 15) is 4.79 Å². The molecule has 0 aliphatic rings. The van der Waals surface area contributed by atoms with Gasteiger partial charge in [-0.25, -0.2) is 4.68 Å². The van der Waals surface area contributed by atoms with Crippen molar-refractivity contribution in [1.82, 2.24) is 19.6 Å². The summed E-state index contributed by atoms with van der Waals surface area (Å²) in [4.78, 5) is 11.9. The van der Waals surface area contributed by atoms with E-state index in [0.717, 1.165) is 17.9 Å². The molecule has 0 saturated carbocycles. The van der Waals surface area contributed by atoms with Gasteiger partial charge in [0.1, 0.15) is 0 Å². The molecule has 0 spiro atoms. The molecule has 0 amide bonds. The average molecular weight is 261 g/mol. The second-order valence-electron chi connectivity index (χ2n) is 4.65. The Labute approximate surface area is 112 Å². The van der Waals surface area contributed by atoms with Crippen LogP contribution in [0.25, 0.3) is 0 Å². The fourth-order valence-corrected chi connectivity index (χ4v) is 1.76.